The first-order valence-electron chi connectivity index (χ1n) is 8.34. The number of hydrogen-bond acceptors (Lipinski definition) is 5. The summed E-state index contributed by atoms with van der Waals surface area (Å²) >= 11 is 3.37. The fourth-order valence-electron chi connectivity index (χ4n) is 2.25. The van der Waals surface area contributed by atoms with E-state index >= 15 is 0 Å². The molecule has 0 aliphatic carbocycles. The molecule has 26 heavy (non-hydrogen) atoms. The summed E-state index contributed by atoms with van der Waals surface area (Å²) in [6, 6.07) is 12.2. The molecule has 0 saturated carbocycles. The number of rotatable bonds is 8. The van der Waals surface area contributed by atoms with Crippen molar-refractivity contribution < 1.29 is 9.21 Å². The molecule has 7 heteroatoms. The van der Waals surface area contributed by atoms with E-state index in [-0.39, 0.29) is 6.03 Å². The smallest absolute Gasteiger partial charge is 0.315 e. The standard InChI is InChI=1S/C19H21N3O2S2/c1-14-4-6-15(7-5-14)13-25-10-8-20-19(23)21-11-16-12-24-18(22-16)17-3-2-9-26-17/h2-7,9,12H,8,10-11,13H2,1H3,(H2,20,21,23). The molecule has 2 N–H and O–H groups in total. The Balaban J connectivity index is 1.30. The number of nitrogens with zero attached hydrogens (tertiary/aromatic N) is 1. The van der Waals surface area contributed by atoms with Crippen LogP contribution in [0.15, 0.2) is 52.5 Å². The first-order valence-corrected chi connectivity index (χ1v) is 10.4. The summed E-state index contributed by atoms with van der Waals surface area (Å²) in [5, 5.41) is 7.62. The van der Waals surface area contributed by atoms with E-state index in [1.54, 1.807) is 29.4 Å². The lowest BCUT2D eigenvalue weighted by Gasteiger charge is -2.06. The van der Waals surface area contributed by atoms with Crippen molar-refractivity contribution in [3.8, 4) is 10.8 Å². The number of thioether (sulfide) groups is 1. The van der Waals surface area contributed by atoms with Crippen molar-refractivity contribution in [1.29, 1.82) is 0 Å². The number of aromatic nitrogens is 1. The van der Waals surface area contributed by atoms with Crippen LogP contribution in [0.1, 0.15) is 16.8 Å². The SMILES string of the molecule is Cc1ccc(CSCCNC(=O)NCc2coc(-c3cccs3)n2)cc1. The molecule has 2 amide bonds. The highest BCUT2D eigenvalue weighted by Gasteiger charge is 2.08. The molecule has 0 aliphatic rings. The summed E-state index contributed by atoms with van der Waals surface area (Å²) in [6.45, 7) is 3.06. The number of nitrogens with one attached hydrogen (secondary N) is 2. The zero-order valence-corrected chi connectivity index (χ0v) is 16.2. The maximum atomic E-state index is 11.8. The average Bonchev–Trinajstić information content (AvgIpc) is 3.33. The molecule has 0 saturated heterocycles. The van der Waals surface area contributed by atoms with Crippen LogP contribution in [-0.4, -0.2) is 23.3 Å². The summed E-state index contributed by atoms with van der Waals surface area (Å²) in [6.07, 6.45) is 1.58. The largest absolute Gasteiger partial charge is 0.443 e. The molecule has 5 nitrogen and oxygen atoms in total. The third kappa shape index (κ3) is 5.64. The van der Waals surface area contributed by atoms with Crippen molar-refractivity contribution >= 4 is 29.1 Å². The number of hydrogen-bond donors (Lipinski definition) is 2. The van der Waals surface area contributed by atoms with Gasteiger partial charge in [0.05, 0.1) is 17.1 Å². The molecule has 0 atom stereocenters. The fourth-order valence-corrected chi connectivity index (χ4v) is 3.72. The van der Waals surface area contributed by atoms with Gasteiger partial charge in [-0.3, -0.25) is 0 Å². The van der Waals surface area contributed by atoms with Crippen molar-refractivity contribution in [1.82, 2.24) is 15.6 Å². The molecule has 0 aliphatic heterocycles. The first kappa shape index (κ1) is 18.5. The molecular weight excluding hydrogens is 366 g/mol. The third-order valence-corrected chi connectivity index (χ3v) is 5.52. The van der Waals surface area contributed by atoms with Crippen molar-refractivity contribution in [3.05, 3.63) is 64.9 Å². The number of aryl methyl sites for hydroxylation is 1. The number of carbonyl (C=O) groups excluding carboxylic acids is 1. The second-order valence-electron chi connectivity index (χ2n) is 5.77. The zero-order chi connectivity index (χ0) is 18.2. The molecule has 3 aromatic rings. The van der Waals surface area contributed by atoms with Gasteiger partial charge in [-0.15, -0.1) is 11.3 Å². The monoisotopic (exact) mass is 387 g/mol. The molecule has 3 rings (SSSR count). The van der Waals surface area contributed by atoms with Gasteiger partial charge in [0.15, 0.2) is 0 Å². The predicted octanol–water partition coefficient (Wildman–Crippen LogP) is 4.44. The second-order valence-corrected chi connectivity index (χ2v) is 7.82. The quantitative estimate of drug-likeness (QED) is 0.561. The first-order chi connectivity index (χ1) is 12.7. The van der Waals surface area contributed by atoms with E-state index < -0.39 is 0 Å². The number of carbonyl (C=O) groups is 1. The van der Waals surface area contributed by atoms with Crippen molar-refractivity contribution in [2.45, 2.75) is 19.2 Å². The second kappa shape index (κ2) is 9.45. The van der Waals surface area contributed by atoms with Gasteiger partial charge in [-0.05, 0) is 23.9 Å². The van der Waals surface area contributed by atoms with E-state index in [9.17, 15) is 4.79 Å². The Morgan fingerprint density at radius 3 is 2.85 bits per heavy atom. The molecule has 1 aromatic carbocycles. The third-order valence-electron chi connectivity index (χ3n) is 3.64. The van der Waals surface area contributed by atoms with Crippen molar-refractivity contribution in [3.63, 3.8) is 0 Å². The van der Waals surface area contributed by atoms with Crippen LogP contribution < -0.4 is 10.6 Å². The lowest BCUT2D eigenvalue weighted by Crippen LogP contribution is -2.36. The van der Waals surface area contributed by atoms with Crippen LogP contribution >= 0.6 is 23.1 Å². The van der Waals surface area contributed by atoms with Gasteiger partial charge in [0.2, 0.25) is 5.89 Å². The van der Waals surface area contributed by atoms with Crippen LogP contribution in [-0.2, 0) is 12.3 Å². The zero-order valence-electron chi connectivity index (χ0n) is 14.5. The molecule has 0 radical (unpaired) electrons. The van der Waals surface area contributed by atoms with E-state index in [2.05, 4.69) is 46.8 Å². The van der Waals surface area contributed by atoms with Gasteiger partial charge < -0.3 is 15.1 Å². The predicted molar refractivity (Wildman–Crippen MR) is 107 cm³/mol. The number of benzene rings is 1. The Hall–Kier alpha value is -2.25. The van der Waals surface area contributed by atoms with E-state index in [1.165, 1.54) is 11.1 Å². The van der Waals surface area contributed by atoms with Crippen LogP contribution in [0, 0.1) is 6.92 Å². The highest BCUT2D eigenvalue weighted by molar-refractivity contribution is 7.98. The molecule has 136 valence electrons. The maximum Gasteiger partial charge on any atom is 0.315 e. The summed E-state index contributed by atoms with van der Waals surface area (Å²) in [7, 11) is 0. The van der Waals surface area contributed by atoms with Gasteiger partial charge in [0, 0.05) is 18.1 Å². The number of amides is 2. The van der Waals surface area contributed by atoms with Gasteiger partial charge in [-0.2, -0.15) is 11.8 Å². The van der Waals surface area contributed by atoms with Crippen molar-refractivity contribution in [2.24, 2.45) is 0 Å². The van der Waals surface area contributed by atoms with Gasteiger partial charge in [0.1, 0.15) is 6.26 Å². The topological polar surface area (TPSA) is 67.2 Å². The van der Waals surface area contributed by atoms with Crippen LogP contribution in [0.4, 0.5) is 4.79 Å². The summed E-state index contributed by atoms with van der Waals surface area (Å²) in [5.74, 6) is 2.41. The Labute approximate surface area is 161 Å². The lowest BCUT2D eigenvalue weighted by atomic mass is 10.2. The Bertz CT molecular complexity index is 814. The minimum atomic E-state index is -0.193. The average molecular weight is 388 g/mol. The summed E-state index contributed by atoms with van der Waals surface area (Å²) < 4.78 is 5.43. The number of oxazole rings is 1. The minimum Gasteiger partial charge on any atom is -0.443 e. The highest BCUT2D eigenvalue weighted by atomic mass is 32.2. The molecule has 0 unspecified atom stereocenters. The van der Waals surface area contributed by atoms with Crippen LogP contribution in [0.25, 0.3) is 10.8 Å². The van der Waals surface area contributed by atoms with Gasteiger partial charge >= 0.3 is 6.03 Å². The Morgan fingerprint density at radius 1 is 1.23 bits per heavy atom. The number of thiophene rings is 1. The molecular formula is C19H21N3O2S2. The van der Waals surface area contributed by atoms with E-state index in [0.29, 0.717) is 24.7 Å². The molecule has 2 heterocycles. The fraction of sp³-hybridized carbons (Fsp3) is 0.263. The van der Waals surface area contributed by atoms with Crippen LogP contribution in [0.5, 0.6) is 0 Å². The molecule has 0 fully saturated rings. The number of urea groups is 1. The highest BCUT2D eigenvalue weighted by Crippen LogP contribution is 2.23. The van der Waals surface area contributed by atoms with E-state index in [0.717, 1.165) is 16.4 Å². The van der Waals surface area contributed by atoms with E-state index in [4.69, 9.17) is 4.42 Å². The molecule has 0 spiro atoms. The Kier molecular flexibility index (Phi) is 6.74. The summed E-state index contributed by atoms with van der Waals surface area (Å²) in [5.41, 5.74) is 3.28. The molecule has 0 bridgehead atoms. The normalized spacial score (nSPS) is 10.7. The Morgan fingerprint density at radius 2 is 2.08 bits per heavy atom. The van der Waals surface area contributed by atoms with Gasteiger partial charge in [-0.1, -0.05) is 35.9 Å². The van der Waals surface area contributed by atoms with Crippen molar-refractivity contribution in [2.75, 3.05) is 12.3 Å². The van der Waals surface area contributed by atoms with Gasteiger partial charge in [-0.25, -0.2) is 9.78 Å². The summed E-state index contributed by atoms with van der Waals surface area (Å²) in [4.78, 5) is 17.2. The maximum absolute atomic E-state index is 11.8. The van der Waals surface area contributed by atoms with Crippen LogP contribution in [0.3, 0.4) is 0 Å². The lowest BCUT2D eigenvalue weighted by molar-refractivity contribution is 0.241. The van der Waals surface area contributed by atoms with Gasteiger partial charge in [0.25, 0.3) is 0 Å². The molecule has 2 aromatic heterocycles. The minimum absolute atomic E-state index is 0.193. The van der Waals surface area contributed by atoms with E-state index in [1.807, 2.05) is 17.5 Å². The van der Waals surface area contributed by atoms with Crippen LogP contribution in [0.2, 0.25) is 0 Å².